The number of para-hydroxylation sites is 2. The van der Waals surface area contributed by atoms with Crippen molar-refractivity contribution in [1.29, 1.82) is 0 Å². The predicted molar refractivity (Wildman–Crippen MR) is 207 cm³/mol. The molecular formula is C46H30N4. The summed E-state index contributed by atoms with van der Waals surface area (Å²) < 4.78 is 4.68. The quantitative estimate of drug-likeness (QED) is 0.188. The lowest BCUT2D eigenvalue weighted by atomic mass is 9.98. The van der Waals surface area contributed by atoms with Crippen LogP contribution in [0.15, 0.2) is 182 Å². The van der Waals surface area contributed by atoms with Gasteiger partial charge in [0.2, 0.25) is 0 Å². The molecule has 234 valence electrons. The zero-order valence-electron chi connectivity index (χ0n) is 27.1. The van der Waals surface area contributed by atoms with Gasteiger partial charge in [0.15, 0.2) is 0 Å². The average molecular weight is 639 g/mol. The fraction of sp³-hybridized carbons (Fsp3) is 0. The summed E-state index contributed by atoms with van der Waals surface area (Å²) in [5.41, 5.74) is 12.9. The Hall–Kier alpha value is -6.78. The summed E-state index contributed by atoms with van der Waals surface area (Å²) in [6.45, 7) is 0. The van der Waals surface area contributed by atoms with E-state index in [-0.39, 0.29) is 0 Å². The number of benzene rings is 6. The maximum absolute atomic E-state index is 5.16. The molecule has 0 amide bonds. The Bertz CT molecular complexity index is 2790. The monoisotopic (exact) mass is 638 g/mol. The molecule has 0 N–H and O–H groups in total. The van der Waals surface area contributed by atoms with E-state index in [1.807, 2.05) is 24.4 Å². The third kappa shape index (κ3) is 4.46. The first-order chi connectivity index (χ1) is 24.8. The molecule has 4 nitrogen and oxygen atoms in total. The molecule has 10 rings (SSSR count). The smallest absolute Gasteiger partial charge is 0.145 e. The van der Waals surface area contributed by atoms with Crippen LogP contribution in [0.25, 0.3) is 88.8 Å². The van der Waals surface area contributed by atoms with Crippen molar-refractivity contribution < 1.29 is 0 Å². The largest absolute Gasteiger partial charge is 0.309 e. The van der Waals surface area contributed by atoms with Crippen molar-refractivity contribution in [3.05, 3.63) is 182 Å². The number of hydrogen-bond donors (Lipinski definition) is 0. The Kier molecular flexibility index (Phi) is 6.46. The van der Waals surface area contributed by atoms with Crippen LogP contribution in [0.3, 0.4) is 0 Å². The highest BCUT2D eigenvalue weighted by Gasteiger charge is 2.19. The molecule has 0 spiro atoms. The minimum absolute atomic E-state index is 0.919. The Morgan fingerprint density at radius 2 is 1.02 bits per heavy atom. The molecule has 10 aromatic rings. The van der Waals surface area contributed by atoms with Crippen LogP contribution in [0.5, 0.6) is 0 Å². The van der Waals surface area contributed by atoms with Gasteiger partial charge in [0.25, 0.3) is 0 Å². The summed E-state index contributed by atoms with van der Waals surface area (Å²) in [7, 11) is 0. The van der Waals surface area contributed by atoms with Crippen LogP contribution in [-0.2, 0) is 0 Å². The van der Waals surface area contributed by atoms with Crippen molar-refractivity contribution in [3.8, 4) is 45.0 Å². The van der Waals surface area contributed by atoms with Gasteiger partial charge in [-0.05, 0) is 65.7 Å². The van der Waals surface area contributed by atoms with Gasteiger partial charge in [-0.1, -0.05) is 121 Å². The first kappa shape index (κ1) is 28.3. The standard InChI is InChI=1S/C46H30N4/c1-4-14-31(15-5-1)40-29-35(30-41(48-40)32-16-6-2-7-17-32)50-44-28-33(25-26-37(44)38-22-13-27-47-46(38)50)36-21-12-24-43-45(36)39-20-10-11-23-42(39)49(43)34-18-8-3-9-19-34/h1-30H. The number of pyridine rings is 2. The second-order valence-corrected chi connectivity index (χ2v) is 12.7. The maximum atomic E-state index is 5.16. The van der Waals surface area contributed by atoms with E-state index in [2.05, 4.69) is 167 Å². The summed E-state index contributed by atoms with van der Waals surface area (Å²) in [5.74, 6) is 0. The predicted octanol–water partition coefficient (Wildman–Crippen LogP) is 11.7. The minimum Gasteiger partial charge on any atom is -0.309 e. The van der Waals surface area contributed by atoms with E-state index in [4.69, 9.17) is 9.97 Å². The number of nitrogens with zero attached hydrogens (tertiary/aromatic N) is 4. The fourth-order valence-electron chi connectivity index (χ4n) is 7.55. The van der Waals surface area contributed by atoms with Crippen LogP contribution in [-0.4, -0.2) is 19.1 Å². The van der Waals surface area contributed by atoms with Crippen molar-refractivity contribution in [2.24, 2.45) is 0 Å². The SMILES string of the molecule is c1ccc(-c2cc(-n3c4cc(-c5cccc6c5c5ccccc5n6-c5ccccc5)ccc4c4cccnc43)cc(-c3ccccc3)n2)cc1. The van der Waals surface area contributed by atoms with Gasteiger partial charge in [-0.25, -0.2) is 9.97 Å². The summed E-state index contributed by atoms with van der Waals surface area (Å²) in [6, 6.07) is 62.3. The molecule has 0 bridgehead atoms. The Morgan fingerprint density at radius 1 is 0.380 bits per heavy atom. The molecule has 4 heteroatoms. The molecule has 0 fully saturated rings. The molecule has 0 radical (unpaired) electrons. The van der Waals surface area contributed by atoms with Gasteiger partial charge in [0.05, 0.1) is 33.6 Å². The van der Waals surface area contributed by atoms with Crippen LogP contribution in [0.1, 0.15) is 0 Å². The lowest BCUT2D eigenvalue weighted by Crippen LogP contribution is -1.99. The molecule has 0 aliphatic rings. The van der Waals surface area contributed by atoms with E-state index in [0.717, 1.165) is 61.4 Å². The van der Waals surface area contributed by atoms with Gasteiger partial charge in [0.1, 0.15) is 5.65 Å². The van der Waals surface area contributed by atoms with Crippen molar-refractivity contribution in [3.63, 3.8) is 0 Å². The number of aromatic nitrogens is 4. The number of fused-ring (bicyclic) bond motifs is 6. The lowest BCUT2D eigenvalue weighted by Gasteiger charge is -2.13. The van der Waals surface area contributed by atoms with E-state index >= 15 is 0 Å². The first-order valence-electron chi connectivity index (χ1n) is 16.9. The maximum Gasteiger partial charge on any atom is 0.145 e. The van der Waals surface area contributed by atoms with E-state index < -0.39 is 0 Å². The zero-order chi connectivity index (χ0) is 33.0. The molecule has 6 aromatic carbocycles. The molecule has 4 aromatic heterocycles. The van der Waals surface area contributed by atoms with E-state index in [1.165, 1.54) is 27.4 Å². The van der Waals surface area contributed by atoms with Crippen molar-refractivity contribution >= 4 is 43.7 Å². The van der Waals surface area contributed by atoms with E-state index in [9.17, 15) is 0 Å². The Balaban J connectivity index is 1.25. The molecule has 0 saturated carbocycles. The fourth-order valence-corrected chi connectivity index (χ4v) is 7.55. The van der Waals surface area contributed by atoms with Crippen LogP contribution in [0.4, 0.5) is 0 Å². The third-order valence-electron chi connectivity index (χ3n) is 9.76. The summed E-state index contributed by atoms with van der Waals surface area (Å²) in [6.07, 6.45) is 1.88. The highest BCUT2D eigenvalue weighted by molar-refractivity contribution is 6.17. The van der Waals surface area contributed by atoms with Crippen molar-refractivity contribution in [2.45, 2.75) is 0 Å². The molecule has 0 saturated heterocycles. The molecule has 0 atom stereocenters. The Labute approximate surface area is 289 Å². The van der Waals surface area contributed by atoms with Crippen LogP contribution in [0, 0.1) is 0 Å². The molecule has 0 aliphatic carbocycles. The summed E-state index contributed by atoms with van der Waals surface area (Å²) >= 11 is 0. The minimum atomic E-state index is 0.919. The normalized spacial score (nSPS) is 11.6. The van der Waals surface area contributed by atoms with Gasteiger partial charge in [0, 0.05) is 44.6 Å². The summed E-state index contributed by atoms with van der Waals surface area (Å²) in [4.78, 5) is 10.1. The molecule has 4 heterocycles. The Morgan fingerprint density at radius 3 is 1.76 bits per heavy atom. The van der Waals surface area contributed by atoms with Gasteiger partial charge < -0.3 is 4.57 Å². The summed E-state index contributed by atoms with van der Waals surface area (Å²) in [5, 5.41) is 4.76. The average Bonchev–Trinajstić information content (AvgIpc) is 3.71. The highest BCUT2D eigenvalue weighted by Crippen LogP contribution is 2.41. The molecular weight excluding hydrogens is 609 g/mol. The zero-order valence-corrected chi connectivity index (χ0v) is 27.1. The van der Waals surface area contributed by atoms with Gasteiger partial charge in [-0.15, -0.1) is 0 Å². The molecule has 0 aliphatic heterocycles. The van der Waals surface area contributed by atoms with Crippen molar-refractivity contribution in [2.75, 3.05) is 0 Å². The molecule has 0 unspecified atom stereocenters. The van der Waals surface area contributed by atoms with Crippen molar-refractivity contribution in [1.82, 2.24) is 19.1 Å². The van der Waals surface area contributed by atoms with Crippen LogP contribution >= 0.6 is 0 Å². The topological polar surface area (TPSA) is 35.6 Å². The van der Waals surface area contributed by atoms with Crippen LogP contribution in [0.2, 0.25) is 0 Å². The highest BCUT2D eigenvalue weighted by atomic mass is 15.0. The third-order valence-corrected chi connectivity index (χ3v) is 9.76. The van der Waals surface area contributed by atoms with Gasteiger partial charge in [-0.2, -0.15) is 0 Å². The molecule has 50 heavy (non-hydrogen) atoms. The second kappa shape index (κ2) is 11.4. The lowest BCUT2D eigenvalue weighted by molar-refractivity contribution is 1.12. The number of hydrogen-bond acceptors (Lipinski definition) is 2. The van der Waals surface area contributed by atoms with Gasteiger partial charge >= 0.3 is 0 Å². The second-order valence-electron chi connectivity index (χ2n) is 12.7. The first-order valence-corrected chi connectivity index (χ1v) is 16.9. The van der Waals surface area contributed by atoms with Crippen LogP contribution < -0.4 is 0 Å². The van der Waals surface area contributed by atoms with E-state index in [0.29, 0.717) is 0 Å². The van der Waals surface area contributed by atoms with Gasteiger partial charge in [-0.3, -0.25) is 4.57 Å². The van der Waals surface area contributed by atoms with E-state index in [1.54, 1.807) is 0 Å². The number of rotatable bonds is 5.